The van der Waals surface area contributed by atoms with E-state index < -0.39 is 0 Å². The SMILES string of the molecule is O=C1C(=O)[N+]12CC=CC2. The minimum Gasteiger partial charge on any atom is -0.214 e. The van der Waals surface area contributed by atoms with Gasteiger partial charge in [-0.3, -0.25) is 0 Å². The maximum Gasteiger partial charge on any atom is 0.452 e. The van der Waals surface area contributed by atoms with E-state index in [9.17, 15) is 9.59 Å². The van der Waals surface area contributed by atoms with Crippen molar-refractivity contribution in [2.75, 3.05) is 13.1 Å². The zero-order valence-electron chi connectivity index (χ0n) is 4.83. The molecule has 2 aliphatic rings. The van der Waals surface area contributed by atoms with Crippen LogP contribution in [-0.4, -0.2) is 29.4 Å². The van der Waals surface area contributed by atoms with E-state index in [-0.39, 0.29) is 16.3 Å². The molecule has 3 heteroatoms. The first-order valence-electron chi connectivity index (χ1n) is 2.89. The lowest BCUT2D eigenvalue weighted by Crippen LogP contribution is -2.24. The molecule has 2 aliphatic heterocycles. The molecule has 0 aromatic carbocycles. The van der Waals surface area contributed by atoms with Crippen LogP contribution in [0.4, 0.5) is 0 Å². The van der Waals surface area contributed by atoms with Crippen molar-refractivity contribution < 1.29 is 14.1 Å². The van der Waals surface area contributed by atoms with E-state index in [0.29, 0.717) is 13.1 Å². The molecule has 1 spiro atoms. The Morgan fingerprint density at radius 3 is 1.78 bits per heavy atom. The molecule has 1 fully saturated rings. The number of hydrogen-bond acceptors (Lipinski definition) is 2. The van der Waals surface area contributed by atoms with E-state index in [2.05, 4.69) is 0 Å². The van der Waals surface area contributed by atoms with Crippen molar-refractivity contribution in [3.05, 3.63) is 12.2 Å². The summed E-state index contributed by atoms with van der Waals surface area (Å²) in [5, 5.41) is 0. The summed E-state index contributed by atoms with van der Waals surface area (Å²) in [6, 6.07) is 0. The van der Waals surface area contributed by atoms with Crippen LogP contribution in [0.3, 0.4) is 0 Å². The monoisotopic (exact) mass is 124 g/mol. The molecule has 0 aliphatic carbocycles. The van der Waals surface area contributed by atoms with E-state index in [4.69, 9.17) is 0 Å². The van der Waals surface area contributed by atoms with Gasteiger partial charge in [0.2, 0.25) is 0 Å². The summed E-state index contributed by atoms with van der Waals surface area (Å²) in [6.07, 6.45) is 3.76. The summed E-state index contributed by atoms with van der Waals surface area (Å²) in [7, 11) is 0. The molecule has 0 bridgehead atoms. The van der Waals surface area contributed by atoms with Crippen molar-refractivity contribution in [1.82, 2.24) is 0 Å². The van der Waals surface area contributed by atoms with Crippen molar-refractivity contribution in [3.8, 4) is 0 Å². The van der Waals surface area contributed by atoms with Gasteiger partial charge in [0.25, 0.3) is 0 Å². The molecule has 0 aromatic rings. The van der Waals surface area contributed by atoms with Gasteiger partial charge >= 0.3 is 11.8 Å². The van der Waals surface area contributed by atoms with Gasteiger partial charge in [-0.15, -0.1) is 0 Å². The fourth-order valence-corrected chi connectivity index (χ4v) is 1.18. The highest BCUT2D eigenvalue weighted by Crippen LogP contribution is 2.28. The van der Waals surface area contributed by atoms with Gasteiger partial charge in [0.05, 0.1) is 0 Å². The second-order valence-corrected chi connectivity index (χ2v) is 2.41. The standard InChI is InChI=1S/C6H6NO2/c8-5-6(9)7(5)3-1-2-4-7/h1-2H,3-4H2/q+1. The highest BCUT2D eigenvalue weighted by molar-refractivity contribution is 6.44. The van der Waals surface area contributed by atoms with Gasteiger partial charge in [0.1, 0.15) is 13.1 Å². The normalized spacial score (nSPS) is 28.0. The van der Waals surface area contributed by atoms with Crippen molar-refractivity contribution in [2.24, 2.45) is 0 Å². The molecule has 0 N–H and O–H groups in total. The number of quaternary nitrogens is 1. The minimum absolute atomic E-state index is 0.0833. The summed E-state index contributed by atoms with van der Waals surface area (Å²) in [5.74, 6) is -0.444. The van der Waals surface area contributed by atoms with E-state index >= 15 is 0 Å². The van der Waals surface area contributed by atoms with Crippen molar-refractivity contribution in [3.63, 3.8) is 0 Å². The first-order valence-corrected chi connectivity index (χ1v) is 2.89. The van der Waals surface area contributed by atoms with Gasteiger partial charge in [-0.25, -0.2) is 9.59 Å². The van der Waals surface area contributed by atoms with Crippen molar-refractivity contribution in [2.45, 2.75) is 0 Å². The van der Waals surface area contributed by atoms with Gasteiger partial charge in [0.15, 0.2) is 0 Å². The largest absolute Gasteiger partial charge is 0.452 e. The Morgan fingerprint density at radius 2 is 1.56 bits per heavy atom. The van der Waals surface area contributed by atoms with Crippen LogP contribution in [0.5, 0.6) is 0 Å². The summed E-state index contributed by atoms with van der Waals surface area (Å²) in [5.41, 5.74) is 0. The van der Waals surface area contributed by atoms with Gasteiger partial charge in [0, 0.05) is 0 Å². The molecular formula is C6H6NO2+. The Labute approximate surface area is 52.2 Å². The number of carbonyl (C=O) groups excluding carboxylic acids is 2. The van der Waals surface area contributed by atoms with Crippen LogP contribution in [0, 0.1) is 0 Å². The third-order valence-corrected chi connectivity index (χ3v) is 1.91. The Bertz CT molecular complexity index is 205. The fourth-order valence-electron chi connectivity index (χ4n) is 1.18. The Hall–Kier alpha value is -0.960. The lowest BCUT2D eigenvalue weighted by Gasteiger charge is -1.97. The van der Waals surface area contributed by atoms with Crippen molar-refractivity contribution >= 4 is 11.8 Å². The maximum absolute atomic E-state index is 10.6. The summed E-state index contributed by atoms with van der Waals surface area (Å²) in [6.45, 7) is 1.19. The van der Waals surface area contributed by atoms with Crippen LogP contribution in [0.25, 0.3) is 0 Å². The average molecular weight is 124 g/mol. The van der Waals surface area contributed by atoms with E-state index in [0.717, 1.165) is 0 Å². The quantitative estimate of drug-likeness (QED) is 0.188. The number of rotatable bonds is 0. The number of imide groups is 1. The predicted octanol–water partition coefficient (Wildman–Crippen LogP) is -0.560. The predicted molar refractivity (Wildman–Crippen MR) is 29.1 cm³/mol. The topological polar surface area (TPSA) is 34.1 Å². The van der Waals surface area contributed by atoms with Crippen LogP contribution in [-0.2, 0) is 9.59 Å². The van der Waals surface area contributed by atoms with Gasteiger partial charge in [-0.05, 0) is 12.2 Å². The Balaban J connectivity index is 2.33. The van der Waals surface area contributed by atoms with Crippen LogP contribution in [0.1, 0.15) is 0 Å². The molecule has 3 nitrogen and oxygen atoms in total. The first-order chi connectivity index (χ1) is 4.27. The number of hydrogen-bond donors (Lipinski definition) is 0. The van der Waals surface area contributed by atoms with Gasteiger partial charge in [-0.2, -0.15) is 4.48 Å². The second-order valence-electron chi connectivity index (χ2n) is 2.41. The fraction of sp³-hybridized carbons (Fsp3) is 0.333. The van der Waals surface area contributed by atoms with Crippen molar-refractivity contribution in [1.29, 1.82) is 0 Å². The maximum atomic E-state index is 10.6. The molecule has 2 heterocycles. The molecule has 46 valence electrons. The van der Waals surface area contributed by atoms with E-state index in [1.807, 2.05) is 12.2 Å². The number of amides is 2. The first kappa shape index (κ1) is 4.88. The molecule has 0 unspecified atom stereocenters. The Kier molecular flexibility index (Phi) is 0.615. The lowest BCUT2D eigenvalue weighted by molar-refractivity contribution is -0.691. The van der Waals surface area contributed by atoms with Crippen LogP contribution in [0.2, 0.25) is 0 Å². The molecule has 0 aromatic heterocycles. The molecule has 0 atom stereocenters. The second kappa shape index (κ2) is 1.14. The molecule has 1 saturated heterocycles. The minimum atomic E-state index is -0.222. The van der Waals surface area contributed by atoms with Gasteiger partial charge < -0.3 is 0 Å². The Morgan fingerprint density at radius 1 is 1.11 bits per heavy atom. The van der Waals surface area contributed by atoms with Gasteiger partial charge in [-0.1, -0.05) is 0 Å². The summed E-state index contributed by atoms with van der Waals surface area (Å²) >= 11 is 0. The summed E-state index contributed by atoms with van der Waals surface area (Å²) in [4.78, 5) is 21.2. The lowest BCUT2D eigenvalue weighted by atomic mass is 10.6. The van der Waals surface area contributed by atoms with Crippen LogP contribution in [0.15, 0.2) is 12.2 Å². The molecule has 9 heavy (non-hydrogen) atoms. The molecule has 2 rings (SSSR count). The number of nitrogens with zero attached hydrogens (tertiary/aromatic N) is 1. The highest BCUT2D eigenvalue weighted by atomic mass is 16.2. The van der Waals surface area contributed by atoms with E-state index in [1.165, 1.54) is 0 Å². The molecule has 0 radical (unpaired) electrons. The van der Waals surface area contributed by atoms with Crippen LogP contribution < -0.4 is 0 Å². The van der Waals surface area contributed by atoms with Crippen LogP contribution >= 0.6 is 0 Å². The zero-order valence-corrected chi connectivity index (χ0v) is 4.83. The average Bonchev–Trinajstić information content (AvgIpc) is 2.44. The molecular weight excluding hydrogens is 118 g/mol. The number of carbonyl (C=O) groups is 2. The third-order valence-electron chi connectivity index (χ3n) is 1.91. The van der Waals surface area contributed by atoms with E-state index in [1.54, 1.807) is 0 Å². The third kappa shape index (κ3) is 0.368. The zero-order chi connectivity index (χ0) is 6.48. The smallest absolute Gasteiger partial charge is 0.214 e. The summed E-state index contributed by atoms with van der Waals surface area (Å²) < 4.78 is 0.0833. The molecule has 0 saturated carbocycles. The highest BCUT2D eigenvalue weighted by Gasteiger charge is 2.69. The molecule has 2 amide bonds.